The number of imidazole rings is 1. The van der Waals surface area contributed by atoms with Crippen LogP contribution in [-0.4, -0.2) is 19.4 Å². The SMILES string of the molecule is N#Cc1c(-c2ccccc2)nc(NCc2cccnc2)c2nccn12. The van der Waals surface area contributed by atoms with Gasteiger partial charge < -0.3 is 5.32 Å². The molecule has 0 unspecified atom stereocenters. The standard InChI is InChI=1S/C19H14N6/c20-11-16-17(15-6-2-1-3-7-15)24-18(19-22-9-10-25(16)19)23-13-14-5-4-8-21-12-14/h1-10,12H,13H2,(H,23,24). The summed E-state index contributed by atoms with van der Waals surface area (Å²) in [6, 6.07) is 15.8. The lowest BCUT2D eigenvalue weighted by Crippen LogP contribution is -2.07. The lowest BCUT2D eigenvalue weighted by atomic mass is 10.1. The van der Waals surface area contributed by atoms with Gasteiger partial charge >= 0.3 is 0 Å². The summed E-state index contributed by atoms with van der Waals surface area (Å²) in [6.07, 6.45) is 6.99. The van der Waals surface area contributed by atoms with E-state index >= 15 is 0 Å². The molecule has 6 heteroatoms. The quantitative estimate of drug-likeness (QED) is 0.622. The smallest absolute Gasteiger partial charge is 0.181 e. The summed E-state index contributed by atoms with van der Waals surface area (Å²) in [5, 5.41) is 12.9. The molecule has 0 aliphatic rings. The number of anilines is 1. The van der Waals surface area contributed by atoms with Crippen LogP contribution in [0, 0.1) is 11.3 Å². The zero-order valence-corrected chi connectivity index (χ0v) is 13.3. The highest BCUT2D eigenvalue weighted by Gasteiger charge is 2.16. The molecule has 3 heterocycles. The second-order valence-electron chi connectivity index (χ2n) is 5.47. The molecular weight excluding hydrogens is 312 g/mol. The van der Waals surface area contributed by atoms with Crippen LogP contribution in [0.1, 0.15) is 11.3 Å². The van der Waals surface area contributed by atoms with Gasteiger partial charge in [-0.05, 0) is 11.6 Å². The monoisotopic (exact) mass is 326 g/mol. The maximum absolute atomic E-state index is 9.63. The second-order valence-corrected chi connectivity index (χ2v) is 5.47. The maximum Gasteiger partial charge on any atom is 0.181 e. The summed E-state index contributed by atoms with van der Waals surface area (Å²) in [6.45, 7) is 0.573. The van der Waals surface area contributed by atoms with Crippen LogP contribution in [0.25, 0.3) is 16.9 Å². The van der Waals surface area contributed by atoms with E-state index in [2.05, 4.69) is 21.4 Å². The molecule has 3 aromatic heterocycles. The predicted molar refractivity (Wildman–Crippen MR) is 94.7 cm³/mol. The molecule has 120 valence electrons. The van der Waals surface area contributed by atoms with E-state index in [0.29, 0.717) is 29.4 Å². The van der Waals surface area contributed by atoms with Gasteiger partial charge in [0.1, 0.15) is 11.8 Å². The van der Waals surface area contributed by atoms with Crippen molar-refractivity contribution in [3.8, 4) is 17.3 Å². The molecule has 25 heavy (non-hydrogen) atoms. The Balaban J connectivity index is 1.82. The van der Waals surface area contributed by atoms with E-state index in [4.69, 9.17) is 4.98 Å². The highest BCUT2D eigenvalue weighted by Crippen LogP contribution is 2.26. The van der Waals surface area contributed by atoms with Crippen molar-refractivity contribution in [1.29, 1.82) is 5.26 Å². The fourth-order valence-corrected chi connectivity index (χ4v) is 2.70. The van der Waals surface area contributed by atoms with Crippen LogP contribution in [0.3, 0.4) is 0 Å². The molecule has 1 N–H and O–H groups in total. The lowest BCUT2D eigenvalue weighted by molar-refractivity contribution is 1.05. The number of benzene rings is 1. The number of fused-ring (bicyclic) bond motifs is 1. The van der Waals surface area contributed by atoms with Gasteiger partial charge in [0, 0.05) is 36.9 Å². The molecule has 0 bridgehead atoms. The summed E-state index contributed by atoms with van der Waals surface area (Å²) in [5.41, 5.74) is 3.65. The van der Waals surface area contributed by atoms with E-state index in [1.54, 1.807) is 29.2 Å². The molecule has 0 aliphatic carbocycles. The van der Waals surface area contributed by atoms with Crippen molar-refractivity contribution in [3.63, 3.8) is 0 Å². The molecule has 0 saturated carbocycles. The Hall–Kier alpha value is -3.72. The van der Waals surface area contributed by atoms with E-state index in [0.717, 1.165) is 11.1 Å². The van der Waals surface area contributed by atoms with Gasteiger partial charge in [-0.2, -0.15) is 5.26 Å². The van der Waals surface area contributed by atoms with E-state index in [1.807, 2.05) is 42.5 Å². The van der Waals surface area contributed by atoms with Crippen LogP contribution in [0.15, 0.2) is 67.3 Å². The van der Waals surface area contributed by atoms with E-state index in [-0.39, 0.29) is 0 Å². The third-order valence-electron chi connectivity index (χ3n) is 3.88. The van der Waals surface area contributed by atoms with Crippen molar-refractivity contribution in [2.75, 3.05) is 5.32 Å². The molecule has 0 fully saturated rings. The molecule has 0 aliphatic heterocycles. The van der Waals surface area contributed by atoms with Crippen molar-refractivity contribution in [2.24, 2.45) is 0 Å². The van der Waals surface area contributed by atoms with Crippen molar-refractivity contribution >= 4 is 11.5 Å². The van der Waals surface area contributed by atoms with Crippen molar-refractivity contribution in [2.45, 2.75) is 6.54 Å². The second kappa shape index (κ2) is 6.42. The first kappa shape index (κ1) is 14.8. The van der Waals surface area contributed by atoms with Crippen LogP contribution in [0.2, 0.25) is 0 Å². The lowest BCUT2D eigenvalue weighted by Gasteiger charge is -2.12. The van der Waals surface area contributed by atoms with Crippen molar-refractivity contribution in [3.05, 3.63) is 78.5 Å². The molecule has 0 spiro atoms. The topological polar surface area (TPSA) is 78.9 Å². The molecule has 4 rings (SSSR count). The normalized spacial score (nSPS) is 10.5. The molecule has 6 nitrogen and oxygen atoms in total. The zero-order chi connectivity index (χ0) is 17.1. The fraction of sp³-hybridized carbons (Fsp3) is 0.0526. The Morgan fingerprint density at radius 3 is 2.72 bits per heavy atom. The minimum absolute atomic E-state index is 0.464. The van der Waals surface area contributed by atoms with Gasteiger partial charge in [0.15, 0.2) is 17.2 Å². The molecular formula is C19H14N6. The number of nitrogens with zero attached hydrogens (tertiary/aromatic N) is 5. The number of hydrogen-bond acceptors (Lipinski definition) is 5. The van der Waals surface area contributed by atoms with Crippen molar-refractivity contribution < 1.29 is 0 Å². The highest BCUT2D eigenvalue weighted by molar-refractivity contribution is 5.73. The van der Waals surface area contributed by atoms with Crippen LogP contribution in [0.5, 0.6) is 0 Å². The Morgan fingerprint density at radius 1 is 1.08 bits per heavy atom. The first-order valence-corrected chi connectivity index (χ1v) is 7.82. The highest BCUT2D eigenvalue weighted by atomic mass is 15.1. The molecule has 0 amide bonds. The van der Waals surface area contributed by atoms with E-state index in [1.165, 1.54) is 0 Å². The first-order chi connectivity index (χ1) is 12.4. The number of pyridine rings is 1. The van der Waals surface area contributed by atoms with Crippen LogP contribution in [0.4, 0.5) is 5.82 Å². The predicted octanol–water partition coefficient (Wildman–Crippen LogP) is 3.28. The van der Waals surface area contributed by atoms with Gasteiger partial charge in [0.05, 0.1) is 0 Å². The number of rotatable bonds is 4. The summed E-state index contributed by atoms with van der Waals surface area (Å²) < 4.78 is 1.76. The maximum atomic E-state index is 9.63. The molecule has 0 atom stereocenters. The number of hydrogen-bond donors (Lipinski definition) is 1. The Morgan fingerprint density at radius 2 is 1.96 bits per heavy atom. The summed E-state index contributed by atoms with van der Waals surface area (Å²) >= 11 is 0. The third kappa shape index (κ3) is 2.79. The Bertz CT molecular complexity index is 1050. The number of nitrogens with one attached hydrogen (secondary N) is 1. The first-order valence-electron chi connectivity index (χ1n) is 7.82. The third-order valence-corrected chi connectivity index (χ3v) is 3.88. The van der Waals surface area contributed by atoms with Crippen LogP contribution in [-0.2, 0) is 6.54 Å². The van der Waals surface area contributed by atoms with Gasteiger partial charge in [0.25, 0.3) is 0 Å². The van der Waals surface area contributed by atoms with Gasteiger partial charge in [-0.3, -0.25) is 9.38 Å². The summed E-state index contributed by atoms with van der Waals surface area (Å²) in [7, 11) is 0. The van der Waals surface area contributed by atoms with Gasteiger partial charge in [0.2, 0.25) is 0 Å². The number of aromatic nitrogens is 4. The number of nitriles is 1. The molecule has 0 saturated heterocycles. The average Bonchev–Trinajstić information content (AvgIpc) is 3.17. The van der Waals surface area contributed by atoms with Gasteiger partial charge in [-0.25, -0.2) is 9.97 Å². The summed E-state index contributed by atoms with van der Waals surface area (Å²) in [4.78, 5) is 13.2. The molecule has 0 radical (unpaired) electrons. The fourth-order valence-electron chi connectivity index (χ4n) is 2.70. The van der Waals surface area contributed by atoms with E-state index < -0.39 is 0 Å². The minimum atomic E-state index is 0.464. The van der Waals surface area contributed by atoms with Crippen molar-refractivity contribution in [1.82, 2.24) is 19.4 Å². The zero-order valence-electron chi connectivity index (χ0n) is 13.3. The van der Waals surface area contributed by atoms with Gasteiger partial charge in [-0.1, -0.05) is 36.4 Å². The summed E-state index contributed by atoms with van der Waals surface area (Å²) in [5.74, 6) is 0.631. The molecule has 4 aromatic rings. The molecule has 1 aromatic carbocycles. The largest absolute Gasteiger partial charge is 0.363 e. The van der Waals surface area contributed by atoms with E-state index in [9.17, 15) is 5.26 Å². The minimum Gasteiger partial charge on any atom is -0.363 e. The Labute approximate surface area is 144 Å². The Kier molecular flexibility index (Phi) is 3.81. The average molecular weight is 326 g/mol. The van der Waals surface area contributed by atoms with Gasteiger partial charge in [-0.15, -0.1) is 0 Å². The van der Waals surface area contributed by atoms with Crippen LogP contribution >= 0.6 is 0 Å². The van der Waals surface area contributed by atoms with Crippen LogP contribution < -0.4 is 5.32 Å².